The van der Waals surface area contributed by atoms with E-state index in [1.165, 1.54) is 17.0 Å². The van der Waals surface area contributed by atoms with Gasteiger partial charge in [0.2, 0.25) is 0 Å². The first-order valence-corrected chi connectivity index (χ1v) is 11.5. The molecule has 0 unspecified atom stereocenters. The summed E-state index contributed by atoms with van der Waals surface area (Å²) in [7, 11) is 2.15. The number of aromatic nitrogens is 1. The Morgan fingerprint density at radius 1 is 1.10 bits per heavy atom. The van der Waals surface area contributed by atoms with Gasteiger partial charge in [-0.3, -0.25) is 4.79 Å². The van der Waals surface area contributed by atoms with E-state index in [9.17, 15) is 4.79 Å². The van der Waals surface area contributed by atoms with E-state index in [0.29, 0.717) is 18.8 Å². The molecule has 2 aromatic carbocycles. The van der Waals surface area contributed by atoms with Gasteiger partial charge in [-0.05, 0) is 49.9 Å². The topological polar surface area (TPSA) is 57.7 Å². The first kappa shape index (κ1) is 21.3. The summed E-state index contributed by atoms with van der Waals surface area (Å²) in [5.74, 6) is 0.682. The minimum absolute atomic E-state index is 0.151. The van der Waals surface area contributed by atoms with Crippen molar-refractivity contribution in [1.82, 2.24) is 15.2 Å². The number of piperazine rings is 1. The summed E-state index contributed by atoms with van der Waals surface area (Å²) in [5, 5.41) is 5.68. The van der Waals surface area contributed by atoms with Gasteiger partial charge in [0, 0.05) is 49.4 Å². The van der Waals surface area contributed by atoms with Crippen LogP contribution in [-0.2, 0) is 6.54 Å². The van der Waals surface area contributed by atoms with Gasteiger partial charge in [-0.2, -0.15) is 0 Å². The number of para-hydroxylation sites is 1. The number of carbonyl (C=O) groups excluding carboxylic acids is 1. The summed E-state index contributed by atoms with van der Waals surface area (Å²) in [6, 6.07) is 16.1. The van der Waals surface area contributed by atoms with E-state index in [0.717, 1.165) is 48.1 Å². The summed E-state index contributed by atoms with van der Waals surface area (Å²) in [6.45, 7) is 7.18. The number of hydrogen-bond donors (Lipinski definition) is 1. The van der Waals surface area contributed by atoms with Gasteiger partial charge in [0.05, 0.1) is 6.61 Å². The summed E-state index contributed by atoms with van der Waals surface area (Å²) >= 11 is 1.47. The molecular weight excluding hydrogens is 408 g/mol. The number of likely N-dealkylation sites (N-methyl/N-ethyl adjacent to an activating group) is 1. The Kier molecular flexibility index (Phi) is 6.84. The number of nitrogens with zero attached hydrogens (tertiary/aromatic N) is 3. The van der Waals surface area contributed by atoms with Crippen molar-refractivity contribution >= 4 is 22.9 Å². The van der Waals surface area contributed by atoms with Gasteiger partial charge >= 0.3 is 0 Å². The molecule has 0 aliphatic carbocycles. The summed E-state index contributed by atoms with van der Waals surface area (Å²) < 4.78 is 5.49. The maximum atomic E-state index is 12.7. The van der Waals surface area contributed by atoms with Crippen molar-refractivity contribution in [3.05, 3.63) is 65.2 Å². The molecule has 3 aromatic rings. The second-order valence-corrected chi connectivity index (χ2v) is 8.46. The van der Waals surface area contributed by atoms with Crippen molar-refractivity contribution in [3.63, 3.8) is 0 Å². The van der Waals surface area contributed by atoms with Crippen LogP contribution in [0.5, 0.6) is 5.75 Å². The summed E-state index contributed by atoms with van der Waals surface area (Å²) in [4.78, 5) is 22.0. The predicted octanol–water partition coefficient (Wildman–Crippen LogP) is 3.89. The summed E-state index contributed by atoms with van der Waals surface area (Å²) in [6.07, 6.45) is 0. The van der Waals surface area contributed by atoms with E-state index < -0.39 is 0 Å². The summed E-state index contributed by atoms with van der Waals surface area (Å²) in [5.41, 5.74) is 3.76. The average Bonchev–Trinajstić information content (AvgIpc) is 3.29. The van der Waals surface area contributed by atoms with Crippen molar-refractivity contribution in [2.45, 2.75) is 13.5 Å². The van der Waals surface area contributed by atoms with Gasteiger partial charge in [-0.25, -0.2) is 4.98 Å². The fourth-order valence-corrected chi connectivity index (χ4v) is 4.46. The number of rotatable bonds is 7. The van der Waals surface area contributed by atoms with Crippen LogP contribution in [0.25, 0.3) is 10.6 Å². The van der Waals surface area contributed by atoms with Crippen LogP contribution in [0.1, 0.15) is 23.0 Å². The molecule has 162 valence electrons. The quantitative estimate of drug-likeness (QED) is 0.609. The number of ether oxygens (including phenoxy) is 1. The minimum Gasteiger partial charge on any atom is -0.494 e. The van der Waals surface area contributed by atoms with Crippen LogP contribution in [0.2, 0.25) is 0 Å². The highest BCUT2D eigenvalue weighted by Gasteiger charge is 2.18. The molecule has 1 amide bonds. The molecule has 0 atom stereocenters. The molecule has 1 N–H and O–H groups in total. The van der Waals surface area contributed by atoms with E-state index in [1.807, 2.05) is 42.6 Å². The Labute approximate surface area is 187 Å². The van der Waals surface area contributed by atoms with Gasteiger partial charge in [0.15, 0.2) is 0 Å². The van der Waals surface area contributed by atoms with E-state index in [2.05, 4.69) is 45.3 Å². The minimum atomic E-state index is -0.151. The lowest BCUT2D eigenvalue weighted by atomic mass is 10.1. The maximum absolute atomic E-state index is 12.7. The van der Waals surface area contributed by atoms with Gasteiger partial charge in [-0.1, -0.05) is 18.2 Å². The van der Waals surface area contributed by atoms with Crippen molar-refractivity contribution in [2.24, 2.45) is 0 Å². The van der Waals surface area contributed by atoms with Crippen molar-refractivity contribution in [2.75, 3.05) is 44.7 Å². The van der Waals surface area contributed by atoms with Crippen LogP contribution >= 0.6 is 11.3 Å². The predicted molar refractivity (Wildman–Crippen MR) is 126 cm³/mol. The number of amides is 1. The second kappa shape index (κ2) is 9.94. The molecule has 2 heterocycles. The first-order valence-electron chi connectivity index (χ1n) is 10.6. The third-order valence-corrected chi connectivity index (χ3v) is 6.32. The lowest BCUT2D eigenvalue weighted by Gasteiger charge is -2.35. The zero-order chi connectivity index (χ0) is 21.6. The zero-order valence-corrected chi connectivity index (χ0v) is 18.8. The Balaban J connectivity index is 1.40. The van der Waals surface area contributed by atoms with Crippen LogP contribution < -0.4 is 15.0 Å². The van der Waals surface area contributed by atoms with E-state index in [4.69, 9.17) is 4.74 Å². The highest BCUT2D eigenvalue weighted by atomic mass is 32.1. The average molecular weight is 437 g/mol. The number of nitrogens with one attached hydrogen (secondary N) is 1. The van der Waals surface area contributed by atoms with Crippen molar-refractivity contribution in [3.8, 4) is 16.3 Å². The monoisotopic (exact) mass is 436 g/mol. The van der Waals surface area contributed by atoms with E-state index in [-0.39, 0.29) is 5.91 Å². The Bertz CT molecular complexity index is 1010. The molecule has 31 heavy (non-hydrogen) atoms. The second-order valence-electron chi connectivity index (χ2n) is 7.60. The van der Waals surface area contributed by atoms with Crippen molar-refractivity contribution < 1.29 is 9.53 Å². The van der Waals surface area contributed by atoms with Crippen molar-refractivity contribution in [1.29, 1.82) is 0 Å². The number of hydrogen-bond acceptors (Lipinski definition) is 6. The van der Waals surface area contributed by atoms with Crippen LogP contribution in [0, 0.1) is 0 Å². The smallest absolute Gasteiger partial charge is 0.271 e. The van der Waals surface area contributed by atoms with Crippen LogP contribution in [0.15, 0.2) is 53.9 Å². The SMILES string of the molecule is CCOc1ccc(-c2nc(C(=O)NCc3ccccc3N3CCN(C)CC3)cs2)cc1. The highest BCUT2D eigenvalue weighted by Crippen LogP contribution is 2.26. The Hall–Kier alpha value is -2.90. The Morgan fingerprint density at radius 2 is 1.84 bits per heavy atom. The number of benzene rings is 2. The number of anilines is 1. The van der Waals surface area contributed by atoms with E-state index >= 15 is 0 Å². The molecule has 1 saturated heterocycles. The third-order valence-electron chi connectivity index (χ3n) is 5.42. The molecule has 0 bridgehead atoms. The van der Waals surface area contributed by atoms with Gasteiger partial charge < -0.3 is 19.9 Å². The molecule has 1 aliphatic heterocycles. The molecule has 1 fully saturated rings. The molecule has 1 aliphatic rings. The molecule has 4 rings (SSSR count). The van der Waals surface area contributed by atoms with Gasteiger partial charge in [0.1, 0.15) is 16.5 Å². The lowest BCUT2D eigenvalue weighted by molar-refractivity contribution is 0.0946. The van der Waals surface area contributed by atoms with Crippen LogP contribution in [0.3, 0.4) is 0 Å². The normalized spacial score (nSPS) is 14.5. The fourth-order valence-electron chi connectivity index (χ4n) is 3.65. The molecule has 6 nitrogen and oxygen atoms in total. The molecule has 1 aromatic heterocycles. The standard InChI is InChI=1S/C24H28N4O2S/c1-3-30-20-10-8-18(9-11-20)24-26-21(17-31-24)23(29)25-16-19-6-4-5-7-22(19)28-14-12-27(2)13-15-28/h4-11,17H,3,12-16H2,1-2H3,(H,25,29). The third kappa shape index (κ3) is 5.24. The molecular formula is C24H28N4O2S. The van der Waals surface area contributed by atoms with Crippen LogP contribution in [0.4, 0.5) is 5.69 Å². The first-order chi connectivity index (χ1) is 15.1. The fraction of sp³-hybridized carbons (Fsp3) is 0.333. The number of thiazole rings is 1. The maximum Gasteiger partial charge on any atom is 0.271 e. The largest absolute Gasteiger partial charge is 0.494 e. The molecule has 0 spiro atoms. The Morgan fingerprint density at radius 3 is 2.58 bits per heavy atom. The number of carbonyl (C=O) groups is 1. The molecule has 7 heteroatoms. The van der Waals surface area contributed by atoms with Crippen LogP contribution in [-0.4, -0.2) is 55.6 Å². The molecule has 0 radical (unpaired) electrons. The van der Waals surface area contributed by atoms with Gasteiger partial charge in [0.25, 0.3) is 5.91 Å². The van der Waals surface area contributed by atoms with Gasteiger partial charge in [-0.15, -0.1) is 11.3 Å². The lowest BCUT2D eigenvalue weighted by Crippen LogP contribution is -2.45. The molecule has 0 saturated carbocycles. The zero-order valence-electron chi connectivity index (χ0n) is 18.0. The highest BCUT2D eigenvalue weighted by molar-refractivity contribution is 7.13. The van der Waals surface area contributed by atoms with E-state index in [1.54, 1.807) is 0 Å².